The third kappa shape index (κ3) is 3.08. The van der Waals surface area contributed by atoms with Crippen molar-refractivity contribution in [3.8, 4) is 11.4 Å². The molecule has 6 nitrogen and oxygen atoms in total. The van der Waals surface area contributed by atoms with Crippen LogP contribution in [0.3, 0.4) is 0 Å². The first-order valence-electron chi connectivity index (χ1n) is 12.1. The van der Waals surface area contributed by atoms with Crippen LogP contribution in [-0.2, 0) is 12.8 Å². The van der Waals surface area contributed by atoms with Gasteiger partial charge in [0.2, 0.25) is 0 Å². The average Bonchev–Trinajstić information content (AvgIpc) is 3.54. The van der Waals surface area contributed by atoms with Crippen molar-refractivity contribution in [2.75, 3.05) is 11.6 Å². The number of nitrogens with zero attached hydrogens (tertiary/aromatic N) is 2. The smallest absolute Gasteiger partial charge is 0.144 e. The summed E-state index contributed by atoms with van der Waals surface area (Å²) in [6.07, 6.45) is 4.82. The van der Waals surface area contributed by atoms with Gasteiger partial charge in [0.05, 0.1) is 17.9 Å². The van der Waals surface area contributed by atoms with Crippen LogP contribution in [0.25, 0.3) is 27.5 Å². The molecule has 3 aromatic carbocycles. The van der Waals surface area contributed by atoms with Crippen LogP contribution in [0.5, 0.6) is 5.75 Å². The second-order valence-corrected chi connectivity index (χ2v) is 10.4. The third-order valence-electron chi connectivity index (χ3n) is 7.57. The van der Waals surface area contributed by atoms with Gasteiger partial charge in [0.25, 0.3) is 0 Å². The van der Waals surface area contributed by atoms with Crippen LogP contribution in [0.15, 0.2) is 65.3 Å². The minimum absolute atomic E-state index is 0.00408. The number of benzene rings is 3. The summed E-state index contributed by atoms with van der Waals surface area (Å²) in [5, 5.41) is 14.1. The molecular formula is C28H26BrN5O. The van der Waals surface area contributed by atoms with Gasteiger partial charge in [-0.2, -0.15) is 0 Å². The van der Waals surface area contributed by atoms with E-state index in [9.17, 15) is 5.11 Å². The molecule has 0 bridgehead atoms. The molecular weight excluding hydrogens is 502 g/mol. The second kappa shape index (κ2) is 7.88. The Morgan fingerprint density at radius 3 is 2.80 bits per heavy atom. The molecule has 1 saturated heterocycles. The summed E-state index contributed by atoms with van der Waals surface area (Å²) in [5.74, 6) is 0.366. The van der Waals surface area contributed by atoms with Gasteiger partial charge in [-0.25, -0.2) is 10.9 Å². The molecule has 35 heavy (non-hydrogen) atoms. The van der Waals surface area contributed by atoms with E-state index >= 15 is 0 Å². The number of aromatic hydroxyl groups is 1. The lowest BCUT2D eigenvalue weighted by molar-refractivity contribution is 0.464. The van der Waals surface area contributed by atoms with E-state index < -0.39 is 0 Å². The number of para-hydroxylation sites is 2. The highest BCUT2D eigenvalue weighted by molar-refractivity contribution is 9.10. The number of hydrazine groups is 1. The summed E-state index contributed by atoms with van der Waals surface area (Å²) in [6, 6.07) is 19.1. The summed E-state index contributed by atoms with van der Waals surface area (Å²) in [7, 11) is 0. The maximum Gasteiger partial charge on any atom is 0.144 e. The van der Waals surface area contributed by atoms with Gasteiger partial charge < -0.3 is 19.6 Å². The molecule has 5 aromatic rings. The van der Waals surface area contributed by atoms with Crippen molar-refractivity contribution in [2.24, 2.45) is 0 Å². The lowest BCUT2D eigenvalue weighted by Crippen LogP contribution is -2.27. The number of rotatable bonds is 4. The van der Waals surface area contributed by atoms with Crippen molar-refractivity contribution in [3.63, 3.8) is 0 Å². The number of anilines is 1. The maximum atomic E-state index is 11.6. The minimum atomic E-state index is -0.00408. The number of phenolic OH excluding ortho intramolecular Hbond substituents is 1. The number of aromatic amines is 1. The normalized spacial score (nSPS) is 16.6. The van der Waals surface area contributed by atoms with Crippen molar-refractivity contribution in [2.45, 2.75) is 32.4 Å². The Bertz CT molecular complexity index is 1620. The van der Waals surface area contributed by atoms with E-state index in [4.69, 9.17) is 0 Å². The van der Waals surface area contributed by atoms with E-state index in [1.54, 1.807) is 0 Å². The van der Waals surface area contributed by atoms with Crippen LogP contribution in [0.1, 0.15) is 35.0 Å². The maximum absolute atomic E-state index is 11.6. The van der Waals surface area contributed by atoms with Gasteiger partial charge in [0.1, 0.15) is 17.6 Å². The number of fused-ring (bicyclic) bond motifs is 6. The molecule has 2 aromatic heterocycles. The van der Waals surface area contributed by atoms with Crippen molar-refractivity contribution >= 4 is 43.4 Å². The zero-order valence-electron chi connectivity index (χ0n) is 19.4. The van der Waals surface area contributed by atoms with Gasteiger partial charge in [-0.1, -0.05) is 42.5 Å². The highest BCUT2D eigenvalue weighted by Gasteiger charge is 2.35. The molecule has 2 aliphatic rings. The Hall–Kier alpha value is -3.26. The van der Waals surface area contributed by atoms with Crippen molar-refractivity contribution in [1.29, 1.82) is 0 Å². The van der Waals surface area contributed by atoms with Crippen LogP contribution >= 0.6 is 15.9 Å². The Morgan fingerprint density at radius 1 is 1.03 bits per heavy atom. The molecule has 176 valence electrons. The number of halogens is 1. The van der Waals surface area contributed by atoms with E-state index in [1.807, 2.05) is 0 Å². The average molecular weight is 528 g/mol. The number of H-pyrrole nitrogens is 1. The fourth-order valence-corrected chi connectivity index (χ4v) is 6.45. The first-order chi connectivity index (χ1) is 17.1. The molecule has 7 rings (SSSR count). The molecule has 2 aliphatic heterocycles. The molecule has 0 radical (unpaired) electrons. The highest BCUT2D eigenvalue weighted by Crippen LogP contribution is 2.46. The standard InChI is InChI=1S/C28H26BrN5O/c1-16-18(19-7-2-3-11-23(19)31-16)8-4-6-17-12-13-24-26(27(17)35)33-14-22(29)20-9-5-10-21(25(20)33)28-32-30-15-34(24)28/h2-3,5,7,9-14,28,30-32,35H,4,6,8,15H2,1H3. The Labute approximate surface area is 211 Å². The number of aromatic nitrogens is 2. The van der Waals surface area contributed by atoms with E-state index in [2.05, 4.69) is 109 Å². The van der Waals surface area contributed by atoms with Crippen molar-refractivity contribution < 1.29 is 5.11 Å². The molecule has 1 fully saturated rings. The van der Waals surface area contributed by atoms with Crippen LogP contribution in [0, 0.1) is 6.92 Å². The van der Waals surface area contributed by atoms with Gasteiger partial charge in [0, 0.05) is 38.2 Å². The quantitative estimate of drug-likeness (QED) is 0.233. The molecule has 0 aliphatic carbocycles. The summed E-state index contributed by atoms with van der Waals surface area (Å²) < 4.78 is 3.19. The van der Waals surface area contributed by atoms with Crippen LogP contribution < -0.4 is 15.8 Å². The van der Waals surface area contributed by atoms with Gasteiger partial charge in [0.15, 0.2) is 0 Å². The molecule has 0 amide bonds. The summed E-state index contributed by atoms with van der Waals surface area (Å²) in [6.45, 7) is 2.81. The van der Waals surface area contributed by atoms with Gasteiger partial charge in [-0.15, -0.1) is 0 Å². The first-order valence-corrected chi connectivity index (χ1v) is 12.9. The molecule has 0 saturated carbocycles. The second-order valence-electron chi connectivity index (χ2n) is 9.51. The van der Waals surface area contributed by atoms with E-state index in [1.165, 1.54) is 27.7 Å². The highest BCUT2D eigenvalue weighted by atomic mass is 79.9. The molecule has 0 spiro atoms. The number of phenols is 1. The Morgan fingerprint density at radius 2 is 1.89 bits per heavy atom. The van der Waals surface area contributed by atoms with E-state index in [-0.39, 0.29) is 6.17 Å². The third-order valence-corrected chi connectivity index (χ3v) is 8.20. The summed E-state index contributed by atoms with van der Waals surface area (Å²) >= 11 is 3.75. The number of aryl methyl sites for hydroxylation is 3. The first kappa shape index (κ1) is 21.1. The Balaban J connectivity index is 1.29. The van der Waals surface area contributed by atoms with Gasteiger partial charge in [-0.3, -0.25) is 0 Å². The van der Waals surface area contributed by atoms with E-state index in [0.717, 1.165) is 51.6 Å². The minimum Gasteiger partial charge on any atom is -0.505 e. The predicted molar refractivity (Wildman–Crippen MR) is 144 cm³/mol. The molecule has 1 unspecified atom stereocenters. The van der Waals surface area contributed by atoms with E-state index in [0.29, 0.717) is 12.4 Å². The number of hydrogen-bond donors (Lipinski definition) is 4. The van der Waals surface area contributed by atoms with Gasteiger partial charge in [-0.05, 0) is 65.4 Å². The zero-order chi connectivity index (χ0) is 23.7. The number of hydrogen-bond acceptors (Lipinski definition) is 4. The monoisotopic (exact) mass is 527 g/mol. The summed E-state index contributed by atoms with van der Waals surface area (Å²) in [4.78, 5) is 5.79. The fourth-order valence-electron chi connectivity index (χ4n) is 5.93. The van der Waals surface area contributed by atoms with Crippen molar-refractivity contribution in [3.05, 3.63) is 87.7 Å². The lowest BCUT2D eigenvalue weighted by Gasteiger charge is -2.25. The Kier molecular flexibility index (Phi) is 4.74. The zero-order valence-corrected chi connectivity index (χ0v) is 21.0. The fraction of sp³-hybridized carbons (Fsp3) is 0.214. The molecule has 4 heterocycles. The SMILES string of the molecule is Cc1[nH]c2ccccc2c1CCCc1ccc2c(c1O)-n1cc(Br)c3cccc(c31)C1NNCN21. The largest absolute Gasteiger partial charge is 0.505 e. The summed E-state index contributed by atoms with van der Waals surface area (Å²) in [5.41, 5.74) is 15.6. The van der Waals surface area contributed by atoms with Crippen molar-refractivity contribution in [1.82, 2.24) is 20.4 Å². The van der Waals surface area contributed by atoms with Crippen LogP contribution in [-0.4, -0.2) is 21.3 Å². The molecule has 4 N–H and O–H groups in total. The lowest BCUT2D eigenvalue weighted by atomic mass is 10.00. The molecule has 7 heteroatoms. The van der Waals surface area contributed by atoms with Crippen LogP contribution in [0.4, 0.5) is 5.69 Å². The predicted octanol–water partition coefficient (Wildman–Crippen LogP) is 5.95. The topological polar surface area (TPSA) is 68.2 Å². The molecule has 1 atom stereocenters. The van der Waals surface area contributed by atoms with Crippen LogP contribution in [0.2, 0.25) is 0 Å². The number of nitrogens with one attached hydrogen (secondary N) is 3. The van der Waals surface area contributed by atoms with Gasteiger partial charge >= 0.3 is 0 Å².